The molecule has 0 saturated carbocycles. The molecule has 32 heavy (non-hydrogen) atoms. The molecule has 3 N–H and O–H groups in total. The van der Waals surface area contributed by atoms with Crippen LogP contribution in [0.3, 0.4) is 0 Å². The van der Waals surface area contributed by atoms with Gasteiger partial charge in [-0.3, -0.25) is 4.79 Å². The number of anilines is 2. The number of amides is 1. The smallest absolute Gasteiger partial charge is 0.259 e. The van der Waals surface area contributed by atoms with Crippen LogP contribution in [0.15, 0.2) is 89.1 Å². The number of phenols is 1. The minimum atomic E-state index is -0.451. The van der Waals surface area contributed by atoms with Gasteiger partial charge >= 0.3 is 0 Å². The van der Waals surface area contributed by atoms with E-state index < -0.39 is 5.91 Å². The standard InChI is InChI=1S/C25H22N4O3/c1-26-17-7-9-19(10-8-17)28-29-23-21-6-4-3-5-16(21)15-22(24(23)30)25(31)27-18-11-13-20(32-2)14-12-18/h3-15,26,30H,1-2H3,(H,27,31). The molecule has 0 aliphatic carbocycles. The first-order valence-electron chi connectivity index (χ1n) is 9.98. The number of hydrogen-bond donors (Lipinski definition) is 3. The minimum absolute atomic E-state index is 0.110. The summed E-state index contributed by atoms with van der Waals surface area (Å²) in [7, 11) is 3.41. The summed E-state index contributed by atoms with van der Waals surface area (Å²) in [6, 6.07) is 23.4. The summed E-state index contributed by atoms with van der Waals surface area (Å²) in [6.07, 6.45) is 0. The van der Waals surface area contributed by atoms with E-state index in [1.807, 2.05) is 55.6 Å². The van der Waals surface area contributed by atoms with Crippen molar-refractivity contribution >= 4 is 39.4 Å². The van der Waals surface area contributed by atoms with Crippen molar-refractivity contribution in [1.29, 1.82) is 0 Å². The van der Waals surface area contributed by atoms with Crippen LogP contribution in [0.1, 0.15) is 10.4 Å². The molecule has 0 heterocycles. The molecule has 4 rings (SSSR count). The van der Waals surface area contributed by atoms with Gasteiger partial charge in [0.15, 0.2) is 5.75 Å². The first-order valence-corrected chi connectivity index (χ1v) is 9.98. The number of nitrogens with one attached hydrogen (secondary N) is 2. The number of carbonyl (C=O) groups excluding carboxylic acids is 1. The van der Waals surface area contributed by atoms with E-state index in [9.17, 15) is 9.90 Å². The molecule has 4 aromatic rings. The van der Waals surface area contributed by atoms with Crippen LogP contribution in [0.4, 0.5) is 22.7 Å². The third-order valence-corrected chi connectivity index (χ3v) is 5.01. The summed E-state index contributed by atoms with van der Waals surface area (Å²) >= 11 is 0. The van der Waals surface area contributed by atoms with Gasteiger partial charge in [0.05, 0.1) is 18.4 Å². The Balaban J connectivity index is 1.71. The highest BCUT2D eigenvalue weighted by Gasteiger charge is 2.18. The van der Waals surface area contributed by atoms with E-state index in [2.05, 4.69) is 20.9 Å². The van der Waals surface area contributed by atoms with Crippen LogP contribution >= 0.6 is 0 Å². The Morgan fingerprint density at radius 2 is 1.59 bits per heavy atom. The van der Waals surface area contributed by atoms with Crippen molar-refractivity contribution in [1.82, 2.24) is 0 Å². The molecular formula is C25H22N4O3. The Bertz CT molecular complexity index is 1280. The number of methoxy groups -OCH3 is 1. The normalized spacial score (nSPS) is 10.9. The molecule has 7 heteroatoms. The Morgan fingerprint density at radius 1 is 0.906 bits per heavy atom. The topological polar surface area (TPSA) is 95.3 Å². The number of hydrogen-bond acceptors (Lipinski definition) is 6. The third kappa shape index (κ3) is 4.37. The van der Waals surface area contributed by atoms with Gasteiger partial charge in [0.2, 0.25) is 0 Å². The number of carbonyl (C=O) groups is 1. The summed E-state index contributed by atoms with van der Waals surface area (Å²) in [5, 5.41) is 26.8. The quantitative estimate of drug-likeness (QED) is 0.317. The fraction of sp³-hybridized carbons (Fsp3) is 0.0800. The van der Waals surface area contributed by atoms with Gasteiger partial charge in [-0.1, -0.05) is 24.3 Å². The van der Waals surface area contributed by atoms with Gasteiger partial charge in [-0.15, -0.1) is 5.11 Å². The average molecular weight is 426 g/mol. The highest BCUT2D eigenvalue weighted by atomic mass is 16.5. The molecule has 0 bridgehead atoms. The summed E-state index contributed by atoms with van der Waals surface area (Å²) in [5.74, 6) is 0.000509. The Kier molecular flexibility index (Phi) is 5.98. The monoisotopic (exact) mass is 426 g/mol. The van der Waals surface area contributed by atoms with Crippen LogP contribution < -0.4 is 15.4 Å². The van der Waals surface area contributed by atoms with Gasteiger partial charge < -0.3 is 20.5 Å². The lowest BCUT2D eigenvalue weighted by Crippen LogP contribution is -2.12. The van der Waals surface area contributed by atoms with E-state index in [0.717, 1.165) is 11.1 Å². The first kappa shape index (κ1) is 20.9. The van der Waals surface area contributed by atoms with Crippen LogP contribution in [0.25, 0.3) is 10.8 Å². The highest BCUT2D eigenvalue weighted by molar-refractivity contribution is 6.11. The van der Waals surface area contributed by atoms with E-state index in [4.69, 9.17) is 4.74 Å². The number of fused-ring (bicyclic) bond motifs is 1. The predicted octanol–water partition coefficient (Wildman–Crippen LogP) is 6.26. The van der Waals surface area contributed by atoms with Gasteiger partial charge in [0.25, 0.3) is 5.91 Å². The van der Waals surface area contributed by atoms with Crippen molar-refractivity contribution in [3.05, 3.63) is 84.4 Å². The van der Waals surface area contributed by atoms with E-state index in [1.54, 1.807) is 37.4 Å². The van der Waals surface area contributed by atoms with E-state index in [0.29, 0.717) is 22.5 Å². The van der Waals surface area contributed by atoms with Crippen molar-refractivity contribution < 1.29 is 14.6 Å². The molecule has 0 spiro atoms. The SMILES string of the molecule is CNc1ccc(N=Nc2c(O)c(C(=O)Nc3ccc(OC)cc3)cc3ccccc23)cc1. The third-order valence-electron chi connectivity index (χ3n) is 5.01. The van der Waals surface area contributed by atoms with E-state index in [1.165, 1.54) is 0 Å². The second-order valence-corrected chi connectivity index (χ2v) is 7.02. The first-order chi connectivity index (χ1) is 15.6. The fourth-order valence-electron chi connectivity index (χ4n) is 3.27. The van der Waals surface area contributed by atoms with Crippen molar-refractivity contribution in [3.63, 3.8) is 0 Å². The van der Waals surface area contributed by atoms with Crippen LogP contribution in [-0.4, -0.2) is 25.2 Å². The van der Waals surface area contributed by atoms with E-state index in [-0.39, 0.29) is 17.0 Å². The number of azo groups is 1. The summed E-state index contributed by atoms with van der Waals surface area (Å²) < 4.78 is 5.14. The summed E-state index contributed by atoms with van der Waals surface area (Å²) in [4.78, 5) is 12.9. The molecule has 160 valence electrons. The van der Waals surface area contributed by atoms with Gasteiger partial charge in [-0.25, -0.2) is 0 Å². The maximum atomic E-state index is 12.9. The molecular weight excluding hydrogens is 404 g/mol. The number of phenolic OH excluding ortho intramolecular Hbond substituents is 1. The maximum absolute atomic E-state index is 12.9. The average Bonchev–Trinajstić information content (AvgIpc) is 2.84. The molecule has 0 aliphatic heterocycles. The Labute approximate surface area is 185 Å². The fourth-order valence-corrected chi connectivity index (χ4v) is 3.27. The molecule has 0 aromatic heterocycles. The van der Waals surface area contributed by atoms with Crippen LogP contribution in [0.5, 0.6) is 11.5 Å². The molecule has 4 aromatic carbocycles. The lowest BCUT2D eigenvalue weighted by atomic mass is 10.0. The zero-order chi connectivity index (χ0) is 22.5. The molecule has 0 atom stereocenters. The number of nitrogens with zero attached hydrogens (tertiary/aromatic N) is 2. The number of rotatable bonds is 6. The van der Waals surface area contributed by atoms with Gasteiger partial charge in [0, 0.05) is 23.8 Å². The predicted molar refractivity (Wildman–Crippen MR) is 127 cm³/mol. The minimum Gasteiger partial charge on any atom is -0.505 e. The molecule has 0 saturated heterocycles. The molecule has 0 fully saturated rings. The van der Waals surface area contributed by atoms with Gasteiger partial charge in [0.1, 0.15) is 11.4 Å². The summed E-state index contributed by atoms with van der Waals surface area (Å²) in [6.45, 7) is 0. The van der Waals surface area contributed by atoms with Crippen molar-refractivity contribution in [3.8, 4) is 11.5 Å². The van der Waals surface area contributed by atoms with Crippen molar-refractivity contribution in [2.45, 2.75) is 0 Å². The maximum Gasteiger partial charge on any atom is 0.259 e. The van der Waals surface area contributed by atoms with Gasteiger partial charge in [-0.05, 0) is 60.0 Å². The van der Waals surface area contributed by atoms with Crippen LogP contribution in [0, 0.1) is 0 Å². The molecule has 7 nitrogen and oxygen atoms in total. The molecule has 0 unspecified atom stereocenters. The van der Waals surface area contributed by atoms with Crippen LogP contribution in [-0.2, 0) is 0 Å². The Hall–Kier alpha value is -4.39. The van der Waals surface area contributed by atoms with Crippen molar-refractivity contribution in [2.75, 3.05) is 24.8 Å². The van der Waals surface area contributed by atoms with E-state index >= 15 is 0 Å². The number of ether oxygens (including phenoxy) is 1. The van der Waals surface area contributed by atoms with Crippen LogP contribution in [0.2, 0.25) is 0 Å². The highest BCUT2D eigenvalue weighted by Crippen LogP contribution is 2.39. The Morgan fingerprint density at radius 3 is 2.28 bits per heavy atom. The lowest BCUT2D eigenvalue weighted by molar-refractivity contribution is 0.102. The second-order valence-electron chi connectivity index (χ2n) is 7.02. The zero-order valence-electron chi connectivity index (χ0n) is 17.7. The molecule has 0 radical (unpaired) electrons. The van der Waals surface area contributed by atoms with Crippen molar-refractivity contribution in [2.24, 2.45) is 10.2 Å². The summed E-state index contributed by atoms with van der Waals surface area (Å²) in [5.41, 5.74) is 2.51. The second kappa shape index (κ2) is 9.18. The number of benzene rings is 4. The largest absolute Gasteiger partial charge is 0.505 e. The molecule has 0 aliphatic rings. The number of aromatic hydroxyl groups is 1. The zero-order valence-corrected chi connectivity index (χ0v) is 17.7. The van der Waals surface area contributed by atoms with Gasteiger partial charge in [-0.2, -0.15) is 5.11 Å². The lowest BCUT2D eigenvalue weighted by Gasteiger charge is -2.11. The molecule has 1 amide bonds.